The summed E-state index contributed by atoms with van der Waals surface area (Å²) >= 11 is 0. The number of fused-ring (bicyclic) bond motifs is 1. The van der Waals surface area contributed by atoms with E-state index in [9.17, 15) is 4.79 Å². The van der Waals surface area contributed by atoms with E-state index in [1.807, 2.05) is 12.1 Å². The summed E-state index contributed by atoms with van der Waals surface area (Å²) in [6, 6.07) is 13.9. The molecule has 1 aliphatic carbocycles. The van der Waals surface area contributed by atoms with Gasteiger partial charge in [-0.1, -0.05) is 24.3 Å². The molecule has 6 heteroatoms. The molecule has 152 valence electrons. The Bertz CT molecular complexity index is 1300. The van der Waals surface area contributed by atoms with Gasteiger partial charge in [-0.05, 0) is 41.5 Å². The Morgan fingerprint density at radius 3 is 2.40 bits per heavy atom. The van der Waals surface area contributed by atoms with E-state index in [0.717, 1.165) is 29.3 Å². The SMILES string of the molecule is COc1cc(OC)c2cc(C(=O)Nc3ccc4c5c(cccc35)CC4)[nH]c2c1OC. The molecule has 1 amide bonds. The molecule has 30 heavy (non-hydrogen) atoms. The number of amides is 1. The van der Waals surface area contributed by atoms with Crippen LogP contribution in [0, 0.1) is 0 Å². The van der Waals surface area contributed by atoms with E-state index in [4.69, 9.17) is 14.2 Å². The van der Waals surface area contributed by atoms with E-state index in [2.05, 4.69) is 28.5 Å². The van der Waals surface area contributed by atoms with Crippen LogP contribution in [0.2, 0.25) is 0 Å². The molecule has 4 aromatic rings. The molecule has 0 saturated carbocycles. The van der Waals surface area contributed by atoms with Crippen LogP contribution in [0.4, 0.5) is 5.69 Å². The third-order valence-electron chi connectivity index (χ3n) is 5.81. The molecule has 2 N–H and O–H groups in total. The van der Waals surface area contributed by atoms with Crippen molar-refractivity contribution in [2.75, 3.05) is 26.6 Å². The van der Waals surface area contributed by atoms with Crippen LogP contribution in [0.25, 0.3) is 21.7 Å². The van der Waals surface area contributed by atoms with Crippen molar-refractivity contribution in [3.8, 4) is 17.2 Å². The fourth-order valence-corrected chi connectivity index (χ4v) is 4.40. The maximum Gasteiger partial charge on any atom is 0.272 e. The first-order chi connectivity index (χ1) is 14.6. The minimum Gasteiger partial charge on any atom is -0.496 e. The van der Waals surface area contributed by atoms with Gasteiger partial charge in [0.05, 0.1) is 26.8 Å². The summed E-state index contributed by atoms with van der Waals surface area (Å²) in [7, 11) is 4.71. The van der Waals surface area contributed by atoms with Gasteiger partial charge >= 0.3 is 0 Å². The largest absolute Gasteiger partial charge is 0.496 e. The Hall–Kier alpha value is -3.67. The molecule has 0 radical (unpaired) electrons. The van der Waals surface area contributed by atoms with Crippen molar-refractivity contribution in [2.24, 2.45) is 0 Å². The van der Waals surface area contributed by atoms with E-state index >= 15 is 0 Å². The topological polar surface area (TPSA) is 72.6 Å². The lowest BCUT2D eigenvalue weighted by Gasteiger charge is -2.11. The first-order valence-electron chi connectivity index (χ1n) is 9.81. The van der Waals surface area contributed by atoms with Crippen LogP contribution in [0.1, 0.15) is 21.6 Å². The van der Waals surface area contributed by atoms with Crippen molar-refractivity contribution >= 4 is 33.3 Å². The van der Waals surface area contributed by atoms with E-state index in [1.54, 1.807) is 33.5 Å². The molecule has 1 aliphatic rings. The first-order valence-corrected chi connectivity index (χ1v) is 9.81. The van der Waals surface area contributed by atoms with Crippen molar-refractivity contribution < 1.29 is 19.0 Å². The molecule has 0 bridgehead atoms. The molecular formula is C24H22N2O4. The molecular weight excluding hydrogens is 380 g/mol. The van der Waals surface area contributed by atoms with Crippen molar-refractivity contribution in [1.29, 1.82) is 0 Å². The van der Waals surface area contributed by atoms with Gasteiger partial charge in [-0.25, -0.2) is 0 Å². The van der Waals surface area contributed by atoms with Gasteiger partial charge in [0, 0.05) is 22.5 Å². The molecule has 0 saturated heterocycles. The van der Waals surface area contributed by atoms with Crippen molar-refractivity contribution in [3.63, 3.8) is 0 Å². The number of hydrogen-bond acceptors (Lipinski definition) is 4. The number of hydrogen-bond donors (Lipinski definition) is 2. The van der Waals surface area contributed by atoms with Crippen LogP contribution in [0.15, 0.2) is 42.5 Å². The third-order valence-corrected chi connectivity index (χ3v) is 5.81. The Morgan fingerprint density at radius 2 is 1.67 bits per heavy atom. The van der Waals surface area contributed by atoms with Gasteiger partial charge in [-0.15, -0.1) is 0 Å². The fourth-order valence-electron chi connectivity index (χ4n) is 4.40. The molecule has 0 atom stereocenters. The summed E-state index contributed by atoms with van der Waals surface area (Å²) in [5.41, 5.74) is 4.55. The number of H-pyrrole nitrogens is 1. The van der Waals surface area contributed by atoms with Crippen molar-refractivity contribution in [3.05, 3.63) is 59.3 Å². The summed E-state index contributed by atoms with van der Waals surface area (Å²) in [4.78, 5) is 16.3. The second-order valence-corrected chi connectivity index (χ2v) is 7.35. The van der Waals surface area contributed by atoms with Crippen LogP contribution in [-0.2, 0) is 12.8 Å². The van der Waals surface area contributed by atoms with E-state index in [-0.39, 0.29) is 5.91 Å². The zero-order chi connectivity index (χ0) is 20.8. The highest BCUT2D eigenvalue weighted by molar-refractivity contribution is 6.12. The number of anilines is 1. The quantitative estimate of drug-likeness (QED) is 0.508. The number of carbonyl (C=O) groups is 1. The fraction of sp³-hybridized carbons (Fsp3) is 0.208. The van der Waals surface area contributed by atoms with Gasteiger partial charge < -0.3 is 24.5 Å². The summed E-state index contributed by atoms with van der Waals surface area (Å²) in [5.74, 6) is 1.43. The van der Waals surface area contributed by atoms with Crippen molar-refractivity contribution in [1.82, 2.24) is 4.98 Å². The highest BCUT2D eigenvalue weighted by Crippen LogP contribution is 2.41. The standard InChI is InChI=1S/C24H22N2O4/c1-28-19-12-20(29-2)23(30-3)22-16(19)11-18(25-22)24(27)26-17-10-9-14-8-7-13-5-4-6-15(17)21(13)14/h4-6,9-12,25H,7-8H2,1-3H3,(H,26,27). The molecule has 5 rings (SSSR count). The van der Waals surface area contributed by atoms with Crippen LogP contribution >= 0.6 is 0 Å². The maximum absolute atomic E-state index is 13.1. The second-order valence-electron chi connectivity index (χ2n) is 7.35. The molecule has 0 aliphatic heterocycles. The normalized spacial score (nSPS) is 12.4. The van der Waals surface area contributed by atoms with Crippen LogP contribution < -0.4 is 19.5 Å². The van der Waals surface area contributed by atoms with Crippen LogP contribution in [0.5, 0.6) is 17.2 Å². The lowest BCUT2D eigenvalue weighted by atomic mass is 10.0. The number of methoxy groups -OCH3 is 3. The third kappa shape index (κ3) is 2.68. The Labute approximate surface area is 173 Å². The number of rotatable bonds is 5. The zero-order valence-corrected chi connectivity index (χ0v) is 17.1. The molecule has 1 heterocycles. The van der Waals surface area contributed by atoms with Crippen molar-refractivity contribution in [2.45, 2.75) is 12.8 Å². The molecule has 1 aromatic heterocycles. The van der Waals surface area contributed by atoms with Gasteiger partial charge in [0.2, 0.25) is 0 Å². The number of benzene rings is 3. The number of aromatic nitrogens is 1. The average Bonchev–Trinajstić information content (AvgIpc) is 3.40. The molecule has 3 aromatic carbocycles. The number of nitrogens with one attached hydrogen (secondary N) is 2. The summed E-state index contributed by atoms with van der Waals surface area (Å²) in [6.45, 7) is 0. The van der Waals surface area contributed by atoms with Crippen LogP contribution in [0.3, 0.4) is 0 Å². The van der Waals surface area contributed by atoms with Gasteiger partial charge in [0.1, 0.15) is 11.4 Å². The highest BCUT2D eigenvalue weighted by Gasteiger charge is 2.21. The minimum atomic E-state index is -0.229. The number of aryl methyl sites for hydroxylation is 2. The van der Waals surface area contributed by atoms with E-state index < -0.39 is 0 Å². The van der Waals surface area contributed by atoms with E-state index in [0.29, 0.717) is 28.5 Å². The molecule has 0 unspecified atom stereocenters. The molecule has 6 nitrogen and oxygen atoms in total. The minimum absolute atomic E-state index is 0.229. The lowest BCUT2D eigenvalue weighted by Crippen LogP contribution is -2.12. The predicted octanol–water partition coefficient (Wildman–Crippen LogP) is 4.70. The highest BCUT2D eigenvalue weighted by atomic mass is 16.5. The molecule has 0 spiro atoms. The maximum atomic E-state index is 13.1. The van der Waals surface area contributed by atoms with Gasteiger partial charge in [-0.2, -0.15) is 0 Å². The predicted molar refractivity (Wildman–Crippen MR) is 117 cm³/mol. The zero-order valence-electron chi connectivity index (χ0n) is 17.1. The Balaban J connectivity index is 1.57. The average molecular weight is 402 g/mol. The molecule has 0 fully saturated rings. The van der Waals surface area contributed by atoms with Crippen LogP contribution in [-0.4, -0.2) is 32.2 Å². The first kappa shape index (κ1) is 18.4. The summed E-state index contributed by atoms with van der Waals surface area (Å²) < 4.78 is 16.4. The van der Waals surface area contributed by atoms with Gasteiger partial charge in [-0.3, -0.25) is 4.79 Å². The van der Waals surface area contributed by atoms with E-state index in [1.165, 1.54) is 16.5 Å². The van der Waals surface area contributed by atoms with Gasteiger partial charge in [0.15, 0.2) is 11.5 Å². The summed E-state index contributed by atoms with van der Waals surface area (Å²) in [5, 5.41) is 6.15. The Morgan fingerprint density at radius 1 is 0.900 bits per heavy atom. The number of carbonyl (C=O) groups excluding carboxylic acids is 1. The second kappa shape index (κ2) is 6.99. The smallest absolute Gasteiger partial charge is 0.272 e. The number of aromatic amines is 1. The van der Waals surface area contributed by atoms with Gasteiger partial charge in [0.25, 0.3) is 5.91 Å². The number of ether oxygens (including phenoxy) is 3. The lowest BCUT2D eigenvalue weighted by molar-refractivity contribution is 0.102. The Kier molecular flexibility index (Phi) is 4.28. The monoisotopic (exact) mass is 402 g/mol. The summed E-state index contributed by atoms with van der Waals surface area (Å²) in [6.07, 6.45) is 2.10.